The summed E-state index contributed by atoms with van der Waals surface area (Å²) >= 11 is 3.53. The Morgan fingerprint density at radius 2 is 0.658 bits per heavy atom. The van der Waals surface area contributed by atoms with Gasteiger partial charge in [-0.1, -0.05) is 149 Å². The largest absolute Gasteiger partial charge is 0.494 e. The van der Waals surface area contributed by atoms with Gasteiger partial charge in [-0.3, -0.25) is 9.97 Å². The number of hydrogen-bond donors (Lipinski definition) is 0. The number of halogens is 1. The van der Waals surface area contributed by atoms with Crippen molar-refractivity contribution in [2.75, 3.05) is 0 Å². The molecule has 0 saturated carbocycles. The van der Waals surface area contributed by atoms with E-state index in [1.165, 1.54) is 21.5 Å². The van der Waals surface area contributed by atoms with E-state index in [1.807, 2.05) is 92.0 Å². The summed E-state index contributed by atoms with van der Waals surface area (Å²) in [4.78, 5) is 19.8. The first-order valence-electron chi connectivity index (χ1n) is 26.1. The van der Waals surface area contributed by atoms with Crippen molar-refractivity contribution in [1.82, 2.24) is 19.9 Å². The Balaban J connectivity index is 0.000000128. The molecule has 3 aliphatic rings. The van der Waals surface area contributed by atoms with Crippen molar-refractivity contribution < 1.29 is 27.9 Å². The van der Waals surface area contributed by atoms with E-state index in [9.17, 15) is 0 Å². The number of nitrogens with zero attached hydrogens (tertiary/aromatic N) is 4. The van der Waals surface area contributed by atoms with Crippen molar-refractivity contribution in [3.8, 4) is 22.5 Å². The van der Waals surface area contributed by atoms with Gasteiger partial charge in [-0.25, -0.2) is 9.97 Å². The maximum absolute atomic E-state index is 6.26. The van der Waals surface area contributed by atoms with E-state index in [0.29, 0.717) is 0 Å². The molecule has 0 N–H and O–H groups in total. The van der Waals surface area contributed by atoms with Crippen molar-refractivity contribution >= 4 is 108 Å². The Hall–Kier alpha value is -6.09. The predicted octanol–water partition coefficient (Wildman–Crippen LogP) is 14.5. The Bertz CT molecular complexity index is 3740. The first-order valence-corrected chi connectivity index (χ1v) is 26.9. The van der Waals surface area contributed by atoms with Gasteiger partial charge >= 0.3 is 21.1 Å². The van der Waals surface area contributed by atoms with Crippen LogP contribution in [0.25, 0.3) is 87.7 Å². The van der Waals surface area contributed by atoms with Crippen LogP contribution in [0.2, 0.25) is 0 Å². The third kappa shape index (κ3) is 9.29. The molecule has 10 aromatic rings. The van der Waals surface area contributed by atoms with Crippen LogP contribution in [-0.4, -0.2) is 74.7 Å². The fourth-order valence-corrected chi connectivity index (χ4v) is 10.4. The topological polar surface area (TPSA) is 107 Å². The van der Waals surface area contributed by atoms with Gasteiger partial charge in [-0.15, -0.1) is 0 Å². The van der Waals surface area contributed by atoms with Crippen molar-refractivity contribution in [1.29, 1.82) is 0 Å². The molecule has 2 aromatic heterocycles. The van der Waals surface area contributed by atoms with Crippen LogP contribution in [0, 0.1) is 0 Å². The quantitative estimate of drug-likeness (QED) is 0.125. The molecule has 0 unspecified atom stereocenters. The molecular formula is C62H62B3BrN4O6. The third-order valence-electron chi connectivity index (χ3n) is 16.4. The zero-order valence-electron chi connectivity index (χ0n) is 45.4. The van der Waals surface area contributed by atoms with Gasteiger partial charge in [0.15, 0.2) is 0 Å². The highest BCUT2D eigenvalue weighted by Crippen LogP contribution is 2.44. The lowest BCUT2D eigenvalue weighted by atomic mass is 9.49. The van der Waals surface area contributed by atoms with E-state index in [4.69, 9.17) is 47.9 Å². The lowest BCUT2D eigenvalue weighted by molar-refractivity contribution is 0.00578. The van der Waals surface area contributed by atoms with E-state index in [2.05, 4.69) is 165 Å². The average molecular weight is 1070 g/mol. The van der Waals surface area contributed by atoms with Crippen LogP contribution in [0.4, 0.5) is 0 Å². The fraction of sp³-hybridized carbons (Fsp3) is 0.290. The molecule has 5 heterocycles. The van der Waals surface area contributed by atoms with Gasteiger partial charge in [0.05, 0.1) is 79.5 Å². The van der Waals surface area contributed by atoms with Gasteiger partial charge in [0, 0.05) is 37.1 Å². The minimum atomic E-state index is -0.476. The van der Waals surface area contributed by atoms with Gasteiger partial charge in [0.1, 0.15) is 0 Å². The van der Waals surface area contributed by atoms with Crippen LogP contribution in [0.1, 0.15) is 83.1 Å². The Morgan fingerprint density at radius 3 is 1.03 bits per heavy atom. The van der Waals surface area contributed by atoms with E-state index in [1.54, 1.807) is 0 Å². The predicted molar refractivity (Wildman–Crippen MR) is 316 cm³/mol. The summed E-state index contributed by atoms with van der Waals surface area (Å²) in [5.74, 6) is 0. The van der Waals surface area contributed by atoms with Gasteiger partial charge in [0.2, 0.25) is 0 Å². The lowest BCUT2D eigenvalue weighted by Gasteiger charge is -2.32. The summed E-state index contributed by atoms with van der Waals surface area (Å²) in [6.45, 7) is 24.5. The van der Waals surface area contributed by atoms with Crippen LogP contribution in [0.3, 0.4) is 0 Å². The van der Waals surface area contributed by atoms with Crippen molar-refractivity contribution in [2.45, 2.75) is 117 Å². The highest BCUT2D eigenvalue weighted by atomic mass is 79.9. The van der Waals surface area contributed by atoms with Crippen LogP contribution in [0.5, 0.6) is 0 Å². The van der Waals surface area contributed by atoms with Gasteiger partial charge in [0.25, 0.3) is 0 Å². The van der Waals surface area contributed by atoms with Gasteiger partial charge < -0.3 is 27.9 Å². The molecule has 8 aromatic carbocycles. The normalized spacial score (nSPS) is 18.8. The zero-order valence-corrected chi connectivity index (χ0v) is 46.9. The first kappa shape index (κ1) is 52.0. The molecule has 3 saturated heterocycles. The molecule has 10 nitrogen and oxygen atoms in total. The zero-order chi connectivity index (χ0) is 53.6. The standard InChI is InChI=1S/C28H25BN2O2.C22H13BrN2.C12H24B2O4/c1-27(2)28(3,4)33-29(32-27)19-11-9-10-18(16-19)24-17-30-25-22-14-7-5-12-20(22)21-13-6-8-15-23(21)26(25)31-24;23-15-7-5-6-14(12-15)20-13-24-21-18-10-3-1-8-16(18)17-9-2-4-11-19(17)22(21)25-20;1-9(2)10(3,4)16-13(15-9)14-17-11(5,6)12(7,8)18-14/h5-17H,1-4H3;1-13H;1-8H3. The van der Waals surface area contributed by atoms with Crippen molar-refractivity contribution in [2.24, 2.45) is 0 Å². The van der Waals surface area contributed by atoms with Crippen LogP contribution >= 0.6 is 15.9 Å². The minimum absolute atomic E-state index is 0.360. The number of hydrogen-bond acceptors (Lipinski definition) is 10. The number of aromatic nitrogens is 4. The second-order valence-corrected chi connectivity index (χ2v) is 24.0. The molecule has 0 amide bonds. The Kier molecular flexibility index (Phi) is 13.1. The summed E-state index contributed by atoms with van der Waals surface area (Å²) < 4.78 is 37.4. The number of benzene rings is 8. The molecule has 0 radical (unpaired) electrons. The van der Waals surface area contributed by atoms with Crippen LogP contribution in [-0.2, 0) is 27.9 Å². The van der Waals surface area contributed by atoms with Crippen molar-refractivity contribution in [3.63, 3.8) is 0 Å². The Labute approximate surface area is 454 Å². The summed E-state index contributed by atoms with van der Waals surface area (Å²) in [5.41, 5.74) is 6.30. The smallest absolute Gasteiger partial charge is 0.405 e. The molecule has 0 bridgehead atoms. The van der Waals surface area contributed by atoms with Crippen molar-refractivity contribution in [3.05, 3.63) is 162 Å². The van der Waals surface area contributed by atoms with Gasteiger partial charge in [-0.2, -0.15) is 0 Å². The highest BCUT2D eigenvalue weighted by Gasteiger charge is 2.63. The second kappa shape index (κ2) is 19.1. The van der Waals surface area contributed by atoms with E-state index in [-0.39, 0.29) is 33.6 Å². The first-order chi connectivity index (χ1) is 36.0. The maximum Gasteiger partial charge on any atom is 0.494 e. The monoisotopic (exact) mass is 1070 g/mol. The minimum Gasteiger partial charge on any atom is -0.405 e. The van der Waals surface area contributed by atoms with E-state index in [0.717, 1.165) is 76.1 Å². The van der Waals surface area contributed by atoms with E-state index < -0.39 is 21.1 Å². The van der Waals surface area contributed by atoms with Gasteiger partial charge in [-0.05, 0) is 122 Å². The van der Waals surface area contributed by atoms with Crippen LogP contribution in [0.15, 0.2) is 162 Å². The SMILES string of the molecule is Brc1cccc(-c2cnc3c4ccccc4c4ccccc4c3n2)c1.CC1(C)OB(B2OC(C)(C)C(C)(C)O2)OC1(C)C.CC1(C)OB(c2cccc(-c3cnc4c5ccccc5c5ccccc5c4n3)c2)OC1(C)C. The summed E-state index contributed by atoms with van der Waals surface area (Å²) in [6, 6.07) is 50.0. The highest BCUT2D eigenvalue weighted by molar-refractivity contribution is 9.10. The summed E-state index contributed by atoms with van der Waals surface area (Å²) in [5, 5.41) is 9.34. The Morgan fingerprint density at radius 1 is 0.342 bits per heavy atom. The average Bonchev–Trinajstić information content (AvgIpc) is 3.91. The third-order valence-corrected chi connectivity index (χ3v) is 16.9. The molecule has 14 heteroatoms. The summed E-state index contributed by atoms with van der Waals surface area (Å²) in [7, 11) is -1.36. The van der Waals surface area contributed by atoms with E-state index >= 15 is 0 Å². The number of fused-ring (bicyclic) bond motifs is 12. The molecule has 3 aliphatic heterocycles. The molecule has 382 valence electrons. The van der Waals surface area contributed by atoms with Crippen LogP contribution < -0.4 is 5.46 Å². The molecule has 0 atom stereocenters. The summed E-state index contributed by atoms with van der Waals surface area (Å²) in [6.07, 6.45) is 3.73. The molecule has 0 aliphatic carbocycles. The second-order valence-electron chi connectivity index (χ2n) is 23.1. The molecular weight excluding hydrogens is 1010 g/mol. The molecule has 13 rings (SSSR count). The maximum atomic E-state index is 6.26. The molecule has 0 spiro atoms. The lowest BCUT2D eigenvalue weighted by Crippen LogP contribution is -2.41. The number of rotatable bonds is 4. The molecule has 3 fully saturated rings. The molecule has 76 heavy (non-hydrogen) atoms. The fourth-order valence-electron chi connectivity index (χ4n) is 10.00.